The van der Waals surface area contributed by atoms with Crippen LogP contribution < -0.4 is 4.90 Å². The van der Waals surface area contributed by atoms with Gasteiger partial charge in [0.25, 0.3) is 0 Å². The first-order chi connectivity index (χ1) is 39.7. The molecule has 1 spiro atoms. The van der Waals surface area contributed by atoms with Crippen molar-refractivity contribution in [3.63, 3.8) is 0 Å². The first kappa shape index (κ1) is 44.6. The van der Waals surface area contributed by atoms with E-state index in [0.29, 0.717) is 0 Å². The Morgan fingerprint density at radius 1 is 0.300 bits per heavy atom. The molecule has 0 saturated carbocycles. The van der Waals surface area contributed by atoms with E-state index in [1.807, 2.05) is 12.1 Å². The Labute approximate surface area is 463 Å². The monoisotopic (exact) mass is 1020 g/mol. The van der Waals surface area contributed by atoms with E-state index in [9.17, 15) is 0 Å². The lowest BCUT2D eigenvalue weighted by atomic mass is 9.65. The summed E-state index contributed by atoms with van der Waals surface area (Å²) in [6.45, 7) is 0. The first-order valence-electron chi connectivity index (χ1n) is 27.6. The summed E-state index contributed by atoms with van der Waals surface area (Å²) in [6.07, 6.45) is 0. The van der Waals surface area contributed by atoms with Crippen molar-refractivity contribution in [2.24, 2.45) is 0 Å². The number of nitrogens with zero attached hydrogens (tertiary/aromatic N) is 2. The second-order valence-electron chi connectivity index (χ2n) is 21.5. The van der Waals surface area contributed by atoms with E-state index < -0.39 is 5.41 Å². The Kier molecular flexibility index (Phi) is 9.63. The van der Waals surface area contributed by atoms with Crippen LogP contribution in [0, 0.1) is 0 Å². The van der Waals surface area contributed by atoms with E-state index in [2.05, 4.69) is 289 Å². The molecule has 3 nitrogen and oxygen atoms in total. The van der Waals surface area contributed by atoms with Crippen molar-refractivity contribution < 1.29 is 4.42 Å². The first-order valence-corrected chi connectivity index (χ1v) is 27.6. The summed E-state index contributed by atoms with van der Waals surface area (Å²) in [6, 6.07) is 108. The lowest BCUT2D eigenvalue weighted by molar-refractivity contribution is 0.669. The molecule has 0 fully saturated rings. The molecular formula is C77H48N2O. The Morgan fingerprint density at radius 2 is 0.875 bits per heavy atom. The van der Waals surface area contributed by atoms with Crippen LogP contribution in [-0.2, 0) is 5.41 Å². The van der Waals surface area contributed by atoms with Crippen LogP contribution in [-0.4, -0.2) is 4.57 Å². The molecule has 3 heterocycles. The van der Waals surface area contributed by atoms with Crippen molar-refractivity contribution in [2.45, 2.75) is 5.41 Å². The minimum Gasteiger partial charge on any atom is -0.456 e. The smallest absolute Gasteiger partial charge is 0.135 e. The average molecular weight is 1020 g/mol. The standard InChI is InChI=1S/C77H48N2O/c1-2-16-49(17-3-1)51-18-14-19-57(45-51)60-20-5-10-28-71(60)78(58-39-34-50(35-40-58)55-38-43-75-66(47-55)64-23-7-13-31-74(64)80-75)59-41-36-53-44-52(32-33-54(53)46-59)56-37-42-62-61-21-4-8-25-67(61)77(70(62)48-56)68-26-9-12-30-73(68)79-72-29-11-6-22-63(72)65-24-15-27-69(77)76(65)79/h1-48H. The van der Waals surface area contributed by atoms with Crippen LogP contribution in [0.2, 0.25) is 0 Å². The zero-order valence-electron chi connectivity index (χ0n) is 43.5. The van der Waals surface area contributed by atoms with Crippen molar-refractivity contribution in [1.82, 2.24) is 4.57 Å². The van der Waals surface area contributed by atoms with Crippen LogP contribution in [0.4, 0.5) is 17.1 Å². The number of furan rings is 1. The number of para-hydroxylation sites is 5. The fraction of sp³-hybridized carbons (Fsp3) is 0.0130. The van der Waals surface area contributed by atoms with Gasteiger partial charge in [0.2, 0.25) is 0 Å². The van der Waals surface area contributed by atoms with E-state index >= 15 is 0 Å². The summed E-state index contributed by atoms with van der Waals surface area (Å²) in [5, 5.41) is 7.17. The number of fused-ring (bicyclic) bond motifs is 16. The summed E-state index contributed by atoms with van der Waals surface area (Å²) in [7, 11) is 0. The molecule has 15 aromatic rings. The van der Waals surface area contributed by atoms with E-state index in [1.165, 1.54) is 93.9 Å². The number of hydrogen-bond acceptors (Lipinski definition) is 2. The van der Waals surface area contributed by atoms with Gasteiger partial charge in [-0.15, -0.1) is 0 Å². The van der Waals surface area contributed by atoms with E-state index in [1.54, 1.807) is 0 Å². The van der Waals surface area contributed by atoms with Crippen molar-refractivity contribution in [2.75, 3.05) is 4.90 Å². The number of aromatic nitrogens is 1. The predicted molar refractivity (Wildman–Crippen MR) is 333 cm³/mol. The van der Waals surface area contributed by atoms with Gasteiger partial charge in [0.1, 0.15) is 11.2 Å². The lowest BCUT2D eigenvalue weighted by Crippen LogP contribution is -2.33. The molecule has 2 aliphatic rings. The van der Waals surface area contributed by atoms with Gasteiger partial charge in [-0.25, -0.2) is 0 Å². The highest BCUT2D eigenvalue weighted by Crippen LogP contribution is 2.61. The molecule has 0 N–H and O–H groups in total. The Morgan fingerprint density at radius 3 is 1.79 bits per heavy atom. The van der Waals surface area contributed by atoms with Gasteiger partial charge in [0, 0.05) is 38.5 Å². The van der Waals surface area contributed by atoms with Gasteiger partial charge < -0.3 is 13.9 Å². The molecule has 0 bridgehead atoms. The molecule has 0 radical (unpaired) electrons. The topological polar surface area (TPSA) is 21.3 Å². The normalized spacial score (nSPS) is 14.1. The third-order valence-corrected chi connectivity index (χ3v) is 17.4. The second kappa shape index (κ2) is 17.3. The number of hydrogen-bond donors (Lipinski definition) is 0. The van der Waals surface area contributed by atoms with Gasteiger partial charge in [0.15, 0.2) is 0 Å². The SMILES string of the molecule is c1ccc(-c2cccc(-c3ccccc3N(c3ccc(-c4ccc5oc6ccccc6c5c4)cc3)c3ccc4cc(-c5ccc6c(c5)C5(c7ccccc7-6)c6ccccc6-n6c7ccccc7c7cccc5c76)ccc4c3)c2)cc1. The van der Waals surface area contributed by atoms with Gasteiger partial charge in [-0.05, 0) is 162 Å². The molecular weight excluding hydrogens is 969 g/mol. The van der Waals surface area contributed by atoms with Crippen molar-refractivity contribution in [3.05, 3.63) is 313 Å². The fourth-order valence-electron chi connectivity index (χ4n) is 13.8. The molecule has 13 aromatic carbocycles. The average Bonchev–Trinajstić information content (AvgIpc) is 2.87. The number of rotatable bonds is 7. The van der Waals surface area contributed by atoms with Gasteiger partial charge in [-0.1, -0.05) is 212 Å². The van der Waals surface area contributed by atoms with Crippen LogP contribution in [0.5, 0.6) is 0 Å². The molecule has 17 rings (SSSR count). The molecule has 0 saturated heterocycles. The van der Waals surface area contributed by atoms with Crippen LogP contribution in [0.15, 0.2) is 296 Å². The predicted octanol–water partition coefficient (Wildman–Crippen LogP) is 20.7. The van der Waals surface area contributed by atoms with Crippen LogP contribution in [0.25, 0.3) is 116 Å². The third-order valence-electron chi connectivity index (χ3n) is 17.4. The minimum atomic E-state index is -0.517. The summed E-state index contributed by atoms with van der Waals surface area (Å²) in [4.78, 5) is 2.42. The molecule has 1 aliphatic carbocycles. The van der Waals surface area contributed by atoms with E-state index in [-0.39, 0.29) is 0 Å². The lowest BCUT2D eigenvalue weighted by Gasteiger charge is -2.39. The molecule has 80 heavy (non-hydrogen) atoms. The quantitative estimate of drug-likeness (QED) is 0.159. The van der Waals surface area contributed by atoms with Gasteiger partial charge in [-0.2, -0.15) is 0 Å². The Balaban J connectivity index is 0.797. The number of benzene rings is 13. The van der Waals surface area contributed by atoms with Gasteiger partial charge in [-0.3, -0.25) is 0 Å². The molecule has 0 amide bonds. The minimum absolute atomic E-state index is 0.517. The Bertz CT molecular complexity index is 5020. The zero-order valence-corrected chi connectivity index (χ0v) is 43.5. The van der Waals surface area contributed by atoms with E-state index in [4.69, 9.17) is 4.42 Å². The molecule has 372 valence electrons. The van der Waals surface area contributed by atoms with Gasteiger partial charge in [0.05, 0.1) is 27.8 Å². The van der Waals surface area contributed by atoms with Crippen LogP contribution in [0.3, 0.4) is 0 Å². The van der Waals surface area contributed by atoms with Crippen molar-refractivity contribution in [3.8, 4) is 61.3 Å². The summed E-state index contributed by atoms with van der Waals surface area (Å²) < 4.78 is 8.73. The molecule has 1 aliphatic heterocycles. The fourth-order valence-corrected chi connectivity index (χ4v) is 13.8. The third kappa shape index (κ3) is 6.49. The largest absolute Gasteiger partial charge is 0.456 e. The summed E-state index contributed by atoms with van der Waals surface area (Å²) in [5.41, 5.74) is 25.6. The summed E-state index contributed by atoms with van der Waals surface area (Å²) in [5.74, 6) is 0. The highest BCUT2D eigenvalue weighted by molar-refractivity contribution is 6.13. The second-order valence-corrected chi connectivity index (χ2v) is 21.5. The van der Waals surface area contributed by atoms with Gasteiger partial charge >= 0.3 is 0 Å². The molecule has 3 heteroatoms. The maximum atomic E-state index is 6.21. The van der Waals surface area contributed by atoms with E-state index in [0.717, 1.165) is 61.3 Å². The molecule has 1 atom stereocenters. The molecule has 2 aromatic heterocycles. The van der Waals surface area contributed by atoms with Crippen LogP contribution >= 0.6 is 0 Å². The highest BCUT2D eigenvalue weighted by atomic mass is 16.3. The summed E-state index contributed by atoms with van der Waals surface area (Å²) >= 11 is 0. The maximum Gasteiger partial charge on any atom is 0.135 e. The van der Waals surface area contributed by atoms with Crippen molar-refractivity contribution >= 4 is 71.6 Å². The number of anilines is 3. The molecule has 1 unspecified atom stereocenters. The maximum absolute atomic E-state index is 6.21. The zero-order chi connectivity index (χ0) is 52.5. The Hall–Kier alpha value is -10.5. The highest BCUT2D eigenvalue weighted by Gasteiger charge is 2.51. The van der Waals surface area contributed by atoms with Crippen LogP contribution in [0.1, 0.15) is 22.3 Å². The van der Waals surface area contributed by atoms with Crippen molar-refractivity contribution in [1.29, 1.82) is 0 Å².